The van der Waals surface area contributed by atoms with Crippen molar-refractivity contribution in [2.45, 2.75) is 19.9 Å². The standard InChI is InChI=1S/C20H21NO4S/c1-13-6-9-26-18(13)10-17-19(22)14-4-5-16-15(20(14)25-17)11-21(12-24-16)7-3-8-23-2/h4-6,9-10H,3,7-8,11-12H2,1-2H3/b17-10-. The number of ketones is 1. The van der Waals surface area contributed by atoms with E-state index in [1.807, 2.05) is 30.5 Å². The van der Waals surface area contributed by atoms with Gasteiger partial charge in [0.1, 0.15) is 18.2 Å². The Bertz CT molecular complexity index is 871. The van der Waals surface area contributed by atoms with Crippen LogP contribution in [0.3, 0.4) is 0 Å². The minimum atomic E-state index is -0.0629. The molecule has 0 unspecified atom stereocenters. The number of fused-ring (bicyclic) bond motifs is 3. The van der Waals surface area contributed by atoms with Gasteiger partial charge in [0.25, 0.3) is 0 Å². The first-order chi connectivity index (χ1) is 12.7. The Morgan fingerprint density at radius 1 is 1.35 bits per heavy atom. The third kappa shape index (κ3) is 3.16. The number of Topliss-reactive ketones (excluding diaryl/α,β-unsaturated/α-hetero) is 1. The van der Waals surface area contributed by atoms with E-state index in [-0.39, 0.29) is 5.78 Å². The molecule has 6 heteroatoms. The van der Waals surface area contributed by atoms with E-state index in [0.29, 0.717) is 30.3 Å². The van der Waals surface area contributed by atoms with Crippen molar-refractivity contribution in [2.75, 3.05) is 27.0 Å². The number of rotatable bonds is 5. The fourth-order valence-electron chi connectivity index (χ4n) is 3.23. The number of carbonyl (C=O) groups excluding carboxylic acids is 1. The van der Waals surface area contributed by atoms with E-state index in [0.717, 1.165) is 41.3 Å². The van der Waals surface area contributed by atoms with Crippen molar-refractivity contribution in [1.29, 1.82) is 0 Å². The Balaban J connectivity index is 1.60. The van der Waals surface area contributed by atoms with E-state index >= 15 is 0 Å². The maximum Gasteiger partial charge on any atom is 0.232 e. The maximum atomic E-state index is 12.8. The van der Waals surface area contributed by atoms with Gasteiger partial charge in [-0.2, -0.15) is 0 Å². The van der Waals surface area contributed by atoms with Crippen molar-refractivity contribution in [1.82, 2.24) is 4.90 Å². The highest BCUT2D eigenvalue weighted by atomic mass is 32.1. The third-order valence-electron chi connectivity index (χ3n) is 4.67. The van der Waals surface area contributed by atoms with Gasteiger partial charge in [0.05, 0.1) is 11.1 Å². The second-order valence-corrected chi connectivity index (χ2v) is 7.45. The summed E-state index contributed by atoms with van der Waals surface area (Å²) in [5.74, 6) is 1.76. The SMILES string of the molecule is COCCCN1COc2ccc3c(c2C1)O/C(=C\c1sccc1C)C3=O. The van der Waals surface area contributed by atoms with Crippen LogP contribution in [0.25, 0.3) is 6.08 Å². The van der Waals surface area contributed by atoms with Crippen molar-refractivity contribution in [3.63, 3.8) is 0 Å². The van der Waals surface area contributed by atoms with Crippen LogP contribution in [0, 0.1) is 6.92 Å². The van der Waals surface area contributed by atoms with Gasteiger partial charge in [0.2, 0.25) is 5.78 Å². The zero-order valence-corrected chi connectivity index (χ0v) is 15.7. The molecule has 0 radical (unpaired) electrons. The number of hydrogen-bond donors (Lipinski definition) is 0. The van der Waals surface area contributed by atoms with Gasteiger partial charge in [-0.1, -0.05) is 0 Å². The molecule has 0 atom stereocenters. The van der Waals surface area contributed by atoms with Crippen LogP contribution in [-0.2, 0) is 11.3 Å². The van der Waals surface area contributed by atoms with Gasteiger partial charge in [-0.3, -0.25) is 9.69 Å². The first-order valence-electron chi connectivity index (χ1n) is 8.65. The van der Waals surface area contributed by atoms with Gasteiger partial charge in [0.15, 0.2) is 5.76 Å². The van der Waals surface area contributed by atoms with Crippen LogP contribution in [0.4, 0.5) is 0 Å². The summed E-state index contributed by atoms with van der Waals surface area (Å²) in [7, 11) is 1.71. The number of aryl methyl sites for hydroxylation is 1. The van der Waals surface area contributed by atoms with E-state index in [1.165, 1.54) is 0 Å². The Hall–Kier alpha value is -2.15. The van der Waals surface area contributed by atoms with E-state index in [9.17, 15) is 4.79 Å². The smallest absolute Gasteiger partial charge is 0.232 e. The highest BCUT2D eigenvalue weighted by Crippen LogP contribution is 2.42. The quantitative estimate of drug-likeness (QED) is 0.590. The highest BCUT2D eigenvalue weighted by molar-refractivity contribution is 7.11. The molecule has 0 saturated heterocycles. The van der Waals surface area contributed by atoms with Crippen molar-refractivity contribution in [3.8, 4) is 11.5 Å². The van der Waals surface area contributed by atoms with E-state index in [2.05, 4.69) is 4.90 Å². The molecular formula is C20H21NO4S. The topological polar surface area (TPSA) is 48.0 Å². The van der Waals surface area contributed by atoms with Crippen LogP contribution < -0.4 is 9.47 Å². The number of allylic oxidation sites excluding steroid dienone is 1. The molecule has 0 amide bonds. The minimum absolute atomic E-state index is 0.0629. The predicted molar refractivity (Wildman–Crippen MR) is 101 cm³/mol. The lowest BCUT2D eigenvalue weighted by atomic mass is 10.0. The third-order valence-corrected chi connectivity index (χ3v) is 5.63. The Kier molecular flexibility index (Phi) is 4.80. The van der Waals surface area contributed by atoms with Gasteiger partial charge in [-0.25, -0.2) is 0 Å². The molecule has 0 spiro atoms. The highest BCUT2D eigenvalue weighted by Gasteiger charge is 2.33. The van der Waals surface area contributed by atoms with Gasteiger partial charge < -0.3 is 14.2 Å². The molecule has 2 aromatic rings. The molecule has 0 fully saturated rings. The average Bonchev–Trinajstić information content (AvgIpc) is 3.19. The number of ether oxygens (including phenoxy) is 3. The Morgan fingerprint density at radius 3 is 3.00 bits per heavy atom. The summed E-state index contributed by atoms with van der Waals surface area (Å²) in [5, 5.41) is 2.02. The second-order valence-electron chi connectivity index (χ2n) is 6.50. The van der Waals surface area contributed by atoms with Crippen LogP contribution >= 0.6 is 11.3 Å². The number of carbonyl (C=O) groups is 1. The van der Waals surface area contributed by atoms with Crippen LogP contribution in [0.15, 0.2) is 29.3 Å². The molecule has 1 aromatic carbocycles. The first-order valence-corrected chi connectivity index (χ1v) is 9.53. The number of hydrogen-bond acceptors (Lipinski definition) is 6. The molecule has 2 aliphatic heterocycles. The van der Waals surface area contributed by atoms with Gasteiger partial charge in [-0.15, -0.1) is 11.3 Å². The van der Waals surface area contributed by atoms with Crippen LogP contribution in [-0.4, -0.2) is 37.7 Å². The number of methoxy groups -OCH3 is 1. The first kappa shape index (κ1) is 17.3. The zero-order valence-electron chi connectivity index (χ0n) is 14.9. The molecule has 4 rings (SSSR count). The fraction of sp³-hybridized carbons (Fsp3) is 0.350. The second kappa shape index (κ2) is 7.23. The van der Waals surface area contributed by atoms with E-state index in [4.69, 9.17) is 14.2 Å². The van der Waals surface area contributed by atoms with Gasteiger partial charge >= 0.3 is 0 Å². The normalized spacial score (nSPS) is 17.8. The molecule has 2 aliphatic rings. The van der Waals surface area contributed by atoms with Gasteiger partial charge in [0, 0.05) is 37.8 Å². The zero-order chi connectivity index (χ0) is 18.1. The molecule has 0 saturated carbocycles. The summed E-state index contributed by atoms with van der Waals surface area (Å²) in [5.41, 5.74) is 2.71. The van der Waals surface area contributed by atoms with E-state index < -0.39 is 0 Å². The molecule has 26 heavy (non-hydrogen) atoms. The molecular weight excluding hydrogens is 350 g/mol. The van der Waals surface area contributed by atoms with Crippen molar-refractivity contribution >= 4 is 23.2 Å². The summed E-state index contributed by atoms with van der Waals surface area (Å²) in [4.78, 5) is 16.0. The molecule has 3 heterocycles. The summed E-state index contributed by atoms with van der Waals surface area (Å²) < 4.78 is 17.0. The van der Waals surface area contributed by atoms with Crippen molar-refractivity contribution in [3.05, 3.63) is 50.9 Å². The largest absolute Gasteiger partial charge is 0.478 e. The maximum absolute atomic E-state index is 12.8. The summed E-state index contributed by atoms with van der Waals surface area (Å²) in [6, 6.07) is 5.72. The lowest BCUT2D eigenvalue weighted by Crippen LogP contribution is -2.33. The molecule has 0 N–H and O–H groups in total. The molecule has 1 aromatic heterocycles. The summed E-state index contributed by atoms with van der Waals surface area (Å²) in [6.45, 7) is 4.88. The minimum Gasteiger partial charge on any atom is -0.478 e. The van der Waals surface area contributed by atoms with Crippen LogP contribution in [0.2, 0.25) is 0 Å². The van der Waals surface area contributed by atoms with Crippen molar-refractivity contribution in [2.24, 2.45) is 0 Å². The Labute approximate surface area is 156 Å². The lowest BCUT2D eigenvalue weighted by molar-refractivity contribution is 0.0823. The van der Waals surface area contributed by atoms with Crippen LogP contribution in [0.1, 0.15) is 32.8 Å². The van der Waals surface area contributed by atoms with Gasteiger partial charge in [-0.05, 0) is 42.5 Å². The van der Waals surface area contributed by atoms with Crippen molar-refractivity contribution < 1.29 is 19.0 Å². The molecule has 0 bridgehead atoms. The number of thiophene rings is 1. The van der Waals surface area contributed by atoms with E-state index in [1.54, 1.807) is 24.5 Å². The summed E-state index contributed by atoms with van der Waals surface area (Å²) >= 11 is 1.60. The number of benzene rings is 1. The fourth-order valence-corrected chi connectivity index (χ4v) is 4.08. The molecule has 5 nitrogen and oxygen atoms in total. The molecule has 0 aliphatic carbocycles. The van der Waals surface area contributed by atoms with Crippen LogP contribution in [0.5, 0.6) is 11.5 Å². The summed E-state index contributed by atoms with van der Waals surface area (Å²) in [6.07, 6.45) is 2.78. The lowest BCUT2D eigenvalue weighted by Gasteiger charge is -2.29. The average molecular weight is 371 g/mol. The predicted octanol–water partition coefficient (Wildman–Crippen LogP) is 3.86. The monoisotopic (exact) mass is 371 g/mol. The number of nitrogens with zero attached hydrogens (tertiary/aromatic N) is 1. The molecule has 136 valence electrons. The Morgan fingerprint density at radius 2 is 2.23 bits per heavy atom.